The van der Waals surface area contributed by atoms with Crippen LogP contribution in [0.4, 0.5) is 0 Å². The summed E-state index contributed by atoms with van der Waals surface area (Å²) in [4.78, 5) is 15.8. The van der Waals surface area contributed by atoms with Crippen LogP contribution < -0.4 is 0 Å². The van der Waals surface area contributed by atoms with E-state index in [0.717, 1.165) is 67.8 Å². The number of hydrogen-bond acceptors (Lipinski definition) is 4. The normalized spacial score (nSPS) is 20.4. The maximum absolute atomic E-state index is 9.69. The molecule has 9 rings (SSSR count). The van der Waals surface area contributed by atoms with Gasteiger partial charge in [0.1, 0.15) is 0 Å². The Morgan fingerprint density at radius 3 is 1.58 bits per heavy atom. The topological polar surface area (TPSA) is 62.5 Å². The highest BCUT2D eigenvalue weighted by atomic mass is 15.0. The lowest BCUT2D eigenvalue weighted by Crippen LogP contribution is -2.42. The molecule has 0 radical (unpaired) electrons. The van der Waals surface area contributed by atoms with Crippen LogP contribution in [0.15, 0.2) is 152 Å². The van der Waals surface area contributed by atoms with Gasteiger partial charge in [0.15, 0.2) is 17.5 Å². The van der Waals surface area contributed by atoms with Crippen molar-refractivity contribution in [1.29, 1.82) is 5.26 Å². The van der Waals surface area contributed by atoms with Gasteiger partial charge in [-0.1, -0.05) is 153 Å². The number of fused-ring (bicyclic) bond motifs is 2. The van der Waals surface area contributed by atoms with E-state index >= 15 is 0 Å². The summed E-state index contributed by atoms with van der Waals surface area (Å²) in [6.45, 7) is 4.90. The Hall–Kier alpha value is -6.18. The summed E-state index contributed by atoms with van der Waals surface area (Å²) in [7, 11) is 0. The number of hydrogen-bond donors (Lipinski definition) is 0. The second-order valence-corrected chi connectivity index (χ2v) is 16.0. The number of aromatic nitrogens is 3. The molecule has 0 aliphatic heterocycles. The molecule has 2 bridgehead atoms. The van der Waals surface area contributed by atoms with Crippen LogP contribution in [0.3, 0.4) is 0 Å². The summed E-state index contributed by atoms with van der Waals surface area (Å²) in [5.41, 5.74) is 11.5. The van der Waals surface area contributed by atoms with Gasteiger partial charge in [-0.2, -0.15) is 5.26 Å². The molecule has 0 saturated heterocycles. The van der Waals surface area contributed by atoms with E-state index in [1.54, 1.807) is 0 Å². The summed E-state index contributed by atoms with van der Waals surface area (Å²) in [5, 5.41) is 9.69. The van der Waals surface area contributed by atoms with Gasteiger partial charge < -0.3 is 0 Å². The summed E-state index contributed by atoms with van der Waals surface area (Å²) >= 11 is 0. The Kier molecular flexibility index (Phi) is 9.16. The molecule has 0 amide bonds. The lowest BCUT2D eigenvalue weighted by Gasteiger charge is -2.50. The molecule has 1 unspecified atom stereocenters. The molecule has 2 fully saturated rings. The fraction of sp³-hybridized carbons (Fsp3) is 0.216. The van der Waals surface area contributed by atoms with Crippen LogP contribution in [0, 0.1) is 29.1 Å². The molecule has 4 nitrogen and oxygen atoms in total. The Balaban J connectivity index is 1.20. The zero-order chi connectivity index (χ0) is 37.4. The van der Waals surface area contributed by atoms with E-state index in [1.807, 2.05) is 30.3 Å². The molecule has 1 heterocycles. The molecule has 0 spiro atoms. The Labute approximate surface area is 324 Å². The van der Waals surface area contributed by atoms with Crippen molar-refractivity contribution in [2.45, 2.75) is 51.4 Å². The standard InChI is InChI=1S/C51H44N4/c1-34-27-37-28-35(2)31-51(30-34,32-37)41-25-23-39(24-26-41)48-53-49(46-21-10-7-17-42(46)38-14-4-3-5-15-38)55-50(54-48)47-22-11-9-20-45(47)44-19-8-6-18-43(44)40-16-12-13-36(29-40)33-52/h3-26,29,34-35,37H,27-28,30-32H2,1-2H3/t34-,35+,37-,51?. The van der Waals surface area contributed by atoms with Gasteiger partial charge in [0.05, 0.1) is 11.6 Å². The Bertz CT molecular complexity index is 2510. The van der Waals surface area contributed by atoms with E-state index in [1.165, 1.54) is 37.7 Å². The average molecular weight is 713 g/mol. The van der Waals surface area contributed by atoms with E-state index < -0.39 is 0 Å². The van der Waals surface area contributed by atoms with Crippen molar-refractivity contribution in [3.05, 3.63) is 163 Å². The lowest BCUT2D eigenvalue weighted by atomic mass is 9.54. The van der Waals surface area contributed by atoms with Crippen LogP contribution in [0.1, 0.15) is 57.1 Å². The third kappa shape index (κ3) is 6.77. The number of rotatable bonds is 7. The number of nitriles is 1. The van der Waals surface area contributed by atoms with Gasteiger partial charge in [-0.15, -0.1) is 0 Å². The monoisotopic (exact) mass is 712 g/mol. The fourth-order valence-corrected chi connectivity index (χ4v) is 9.96. The molecule has 268 valence electrons. The molecule has 7 aromatic rings. The molecule has 2 aliphatic rings. The van der Waals surface area contributed by atoms with Crippen LogP contribution in [-0.2, 0) is 5.41 Å². The number of benzene rings is 6. The van der Waals surface area contributed by atoms with Crippen LogP contribution in [0.25, 0.3) is 67.5 Å². The average Bonchev–Trinajstić information content (AvgIpc) is 3.23. The highest BCUT2D eigenvalue weighted by Crippen LogP contribution is 2.54. The Morgan fingerprint density at radius 1 is 0.473 bits per heavy atom. The first-order valence-electron chi connectivity index (χ1n) is 19.7. The van der Waals surface area contributed by atoms with E-state index in [0.29, 0.717) is 23.0 Å². The molecular formula is C51H44N4. The minimum atomic E-state index is 0.252. The fourth-order valence-electron chi connectivity index (χ4n) is 9.96. The maximum atomic E-state index is 9.69. The molecule has 6 aromatic carbocycles. The van der Waals surface area contributed by atoms with E-state index in [2.05, 4.69) is 141 Å². The Morgan fingerprint density at radius 2 is 0.964 bits per heavy atom. The summed E-state index contributed by atoms with van der Waals surface area (Å²) < 4.78 is 0. The molecule has 2 saturated carbocycles. The minimum absolute atomic E-state index is 0.252. The van der Waals surface area contributed by atoms with Gasteiger partial charge in [-0.25, -0.2) is 15.0 Å². The van der Waals surface area contributed by atoms with Crippen molar-refractivity contribution in [3.63, 3.8) is 0 Å². The van der Waals surface area contributed by atoms with Crippen LogP contribution >= 0.6 is 0 Å². The zero-order valence-corrected chi connectivity index (χ0v) is 31.5. The van der Waals surface area contributed by atoms with Crippen molar-refractivity contribution in [2.24, 2.45) is 17.8 Å². The second kappa shape index (κ2) is 14.6. The molecule has 4 atom stereocenters. The molecule has 55 heavy (non-hydrogen) atoms. The van der Waals surface area contributed by atoms with Gasteiger partial charge in [0, 0.05) is 16.7 Å². The van der Waals surface area contributed by atoms with E-state index in [-0.39, 0.29) is 5.41 Å². The first-order valence-corrected chi connectivity index (χ1v) is 19.7. The molecule has 2 aliphatic carbocycles. The van der Waals surface area contributed by atoms with Crippen molar-refractivity contribution in [1.82, 2.24) is 15.0 Å². The van der Waals surface area contributed by atoms with Crippen molar-refractivity contribution >= 4 is 0 Å². The molecule has 1 aromatic heterocycles. The van der Waals surface area contributed by atoms with Crippen LogP contribution in [-0.4, -0.2) is 15.0 Å². The van der Waals surface area contributed by atoms with Gasteiger partial charge >= 0.3 is 0 Å². The van der Waals surface area contributed by atoms with Crippen molar-refractivity contribution < 1.29 is 0 Å². The second-order valence-electron chi connectivity index (χ2n) is 16.0. The molecule has 4 heteroatoms. The highest BCUT2D eigenvalue weighted by molar-refractivity contribution is 5.91. The minimum Gasteiger partial charge on any atom is -0.208 e. The summed E-state index contributed by atoms with van der Waals surface area (Å²) in [5.74, 6) is 4.24. The highest BCUT2D eigenvalue weighted by Gasteiger charge is 2.45. The maximum Gasteiger partial charge on any atom is 0.164 e. The van der Waals surface area contributed by atoms with E-state index in [4.69, 9.17) is 15.0 Å². The quantitative estimate of drug-likeness (QED) is 0.165. The SMILES string of the molecule is C[C@@H]1C[C@@H]2C[C@H](C)CC(c3ccc(-c4nc(-c5ccccc5-c5ccccc5)nc(-c5ccccc5-c5ccccc5-c5cccc(C#N)c5)n4)cc3)(C1)C2. The smallest absolute Gasteiger partial charge is 0.164 e. The van der Waals surface area contributed by atoms with Gasteiger partial charge in [0.2, 0.25) is 0 Å². The first-order chi connectivity index (χ1) is 27.0. The van der Waals surface area contributed by atoms with Gasteiger partial charge in [-0.05, 0) is 106 Å². The predicted octanol–water partition coefficient (Wildman–Crippen LogP) is 12.8. The summed E-state index contributed by atoms with van der Waals surface area (Å²) in [6.07, 6.45) is 6.56. The number of nitrogens with zero attached hydrogens (tertiary/aromatic N) is 4. The lowest BCUT2D eigenvalue weighted by molar-refractivity contribution is 0.0780. The third-order valence-corrected chi connectivity index (χ3v) is 12.0. The summed E-state index contributed by atoms with van der Waals surface area (Å²) in [6, 6.07) is 54.9. The predicted molar refractivity (Wildman–Crippen MR) is 224 cm³/mol. The van der Waals surface area contributed by atoms with Gasteiger partial charge in [-0.3, -0.25) is 0 Å². The molecular weight excluding hydrogens is 669 g/mol. The first kappa shape index (κ1) is 34.6. The van der Waals surface area contributed by atoms with E-state index in [9.17, 15) is 5.26 Å². The zero-order valence-electron chi connectivity index (χ0n) is 31.5. The molecule has 0 N–H and O–H groups in total. The van der Waals surface area contributed by atoms with Crippen molar-refractivity contribution in [3.8, 4) is 73.6 Å². The third-order valence-electron chi connectivity index (χ3n) is 12.0. The van der Waals surface area contributed by atoms with Crippen LogP contribution in [0.5, 0.6) is 0 Å². The van der Waals surface area contributed by atoms with Crippen LogP contribution in [0.2, 0.25) is 0 Å². The largest absolute Gasteiger partial charge is 0.208 e. The van der Waals surface area contributed by atoms with Gasteiger partial charge in [0.25, 0.3) is 0 Å². The van der Waals surface area contributed by atoms with Crippen molar-refractivity contribution in [2.75, 3.05) is 0 Å².